The van der Waals surface area contributed by atoms with E-state index in [1.807, 2.05) is 12.1 Å². The third-order valence-electron chi connectivity index (χ3n) is 5.26. The number of nitrogens with zero attached hydrogens (tertiary/aromatic N) is 3. The molecule has 4 rings (SSSR count). The van der Waals surface area contributed by atoms with Crippen molar-refractivity contribution in [2.45, 2.75) is 30.6 Å². The number of sulfonamides is 1. The fourth-order valence-corrected chi connectivity index (χ4v) is 5.35. The quantitative estimate of drug-likeness (QED) is 0.653. The van der Waals surface area contributed by atoms with Crippen molar-refractivity contribution in [3.63, 3.8) is 0 Å². The van der Waals surface area contributed by atoms with Gasteiger partial charge in [0, 0.05) is 55.3 Å². The van der Waals surface area contributed by atoms with Crippen LogP contribution in [0.15, 0.2) is 59.9 Å². The van der Waals surface area contributed by atoms with Gasteiger partial charge in [0.2, 0.25) is 15.9 Å². The van der Waals surface area contributed by atoms with E-state index in [1.54, 1.807) is 30.7 Å². The van der Waals surface area contributed by atoms with E-state index in [9.17, 15) is 13.2 Å². The van der Waals surface area contributed by atoms with Gasteiger partial charge in [0.25, 0.3) is 0 Å². The number of hydrogen-bond acceptors (Lipinski definition) is 5. The molecule has 1 aromatic carbocycles. The van der Waals surface area contributed by atoms with E-state index in [0.717, 1.165) is 29.7 Å². The summed E-state index contributed by atoms with van der Waals surface area (Å²) in [5, 5.41) is 9.93. The first-order chi connectivity index (χ1) is 14.4. The van der Waals surface area contributed by atoms with Crippen molar-refractivity contribution < 1.29 is 13.2 Å². The van der Waals surface area contributed by atoms with Gasteiger partial charge in [0.1, 0.15) is 0 Å². The Bertz CT molecular complexity index is 1130. The normalized spacial score (nSPS) is 17.6. The lowest BCUT2D eigenvalue weighted by molar-refractivity contribution is -0.114. The van der Waals surface area contributed by atoms with Crippen molar-refractivity contribution >= 4 is 21.6 Å². The van der Waals surface area contributed by atoms with Crippen LogP contribution in [0.25, 0.3) is 11.1 Å². The van der Waals surface area contributed by atoms with Crippen LogP contribution >= 0.6 is 0 Å². The monoisotopic (exact) mass is 425 g/mol. The van der Waals surface area contributed by atoms with Crippen LogP contribution in [0.1, 0.15) is 31.4 Å². The number of carbonyl (C=O) groups is 1. The second-order valence-electron chi connectivity index (χ2n) is 7.34. The van der Waals surface area contributed by atoms with E-state index in [4.69, 9.17) is 0 Å². The predicted octanol–water partition coefficient (Wildman–Crippen LogP) is 3.00. The standard InChI is InChI=1S/C21H23N5O3S/c1-15(27)24-18-4-6-19(7-5-18)30(28,29)26-12-2-3-17(14-26)21-20(13-23-25-21)16-8-10-22-11-9-16/h4-11,13,17H,2-3,12,14H2,1H3,(H,23,25)(H,24,27). The van der Waals surface area contributed by atoms with Crippen LogP contribution < -0.4 is 5.32 Å². The predicted molar refractivity (Wildman–Crippen MR) is 113 cm³/mol. The van der Waals surface area contributed by atoms with Crippen LogP contribution in [0.4, 0.5) is 5.69 Å². The number of piperidine rings is 1. The number of H-pyrrole nitrogens is 1. The largest absolute Gasteiger partial charge is 0.326 e. The Labute approximate surface area is 175 Å². The highest BCUT2D eigenvalue weighted by Gasteiger charge is 2.32. The van der Waals surface area contributed by atoms with Crippen LogP contribution in [-0.4, -0.2) is 46.9 Å². The number of amides is 1. The lowest BCUT2D eigenvalue weighted by Gasteiger charge is -2.32. The van der Waals surface area contributed by atoms with Crippen molar-refractivity contribution in [1.29, 1.82) is 0 Å². The molecule has 1 atom stereocenters. The second-order valence-corrected chi connectivity index (χ2v) is 9.28. The van der Waals surface area contributed by atoms with Crippen molar-refractivity contribution in [2.24, 2.45) is 0 Å². The first-order valence-corrected chi connectivity index (χ1v) is 11.2. The molecule has 0 aliphatic carbocycles. The molecule has 1 fully saturated rings. The Morgan fingerprint density at radius 3 is 2.60 bits per heavy atom. The second kappa shape index (κ2) is 8.37. The van der Waals surface area contributed by atoms with Gasteiger partial charge >= 0.3 is 0 Å². The summed E-state index contributed by atoms with van der Waals surface area (Å²) in [7, 11) is -3.63. The Hall–Kier alpha value is -3.04. The molecule has 2 N–H and O–H groups in total. The number of benzene rings is 1. The molecule has 0 spiro atoms. The summed E-state index contributed by atoms with van der Waals surface area (Å²) in [6, 6.07) is 10.1. The molecule has 1 amide bonds. The zero-order valence-electron chi connectivity index (χ0n) is 16.6. The molecule has 8 nitrogen and oxygen atoms in total. The van der Waals surface area contributed by atoms with Crippen molar-refractivity contribution in [3.8, 4) is 11.1 Å². The van der Waals surface area contributed by atoms with E-state index < -0.39 is 10.0 Å². The molecular formula is C21H23N5O3S. The Morgan fingerprint density at radius 2 is 1.90 bits per heavy atom. The number of pyridine rings is 1. The minimum atomic E-state index is -3.63. The fourth-order valence-electron chi connectivity index (χ4n) is 3.83. The topological polar surface area (TPSA) is 108 Å². The maximum atomic E-state index is 13.2. The Balaban J connectivity index is 1.56. The first kappa shape index (κ1) is 20.2. The van der Waals surface area contributed by atoms with Gasteiger partial charge in [-0.2, -0.15) is 9.40 Å². The highest BCUT2D eigenvalue weighted by molar-refractivity contribution is 7.89. The lowest BCUT2D eigenvalue weighted by atomic mass is 9.92. The SMILES string of the molecule is CC(=O)Nc1ccc(S(=O)(=O)N2CCCC(c3[nH]ncc3-c3ccncc3)C2)cc1. The van der Waals surface area contributed by atoms with Crippen LogP contribution in [0.5, 0.6) is 0 Å². The maximum absolute atomic E-state index is 13.2. The van der Waals surface area contributed by atoms with Gasteiger partial charge in [-0.15, -0.1) is 0 Å². The van der Waals surface area contributed by atoms with Crippen LogP contribution in [-0.2, 0) is 14.8 Å². The van der Waals surface area contributed by atoms with E-state index >= 15 is 0 Å². The van der Waals surface area contributed by atoms with Crippen LogP contribution in [0.3, 0.4) is 0 Å². The van der Waals surface area contributed by atoms with E-state index in [-0.39, 0.29) is 16.7 Å². The van der Waals surface area contributed by atoms with Gasteiger partial charge in [-0.3, -0.25) is 14.9 Å². The summed E-state index contributed by atoms with van der Waals surface area (Å²) in [5.74, 6) is -0.174. The van der Waals surface area contributed by atoms with Crippen molar-refractivity contribution in [1.82, 2.24) is 19.5 Å². The zero-order valence-corrected chi connectivity index (χ0v) is 17.4. The van der Waals surface area contributed by atoms with Gasteiger partial charge in [-0.05, 0) is 54.8 Å². The summed E-state index contributed by atoms with van der Waals surface area (Å²) in [6.07, 6.45) is 6.89. The number of hydrogen-bond donors (Lipinski definition) is 2. The first-order valence-electron chi connectivity index (χ1n) is 9.76. The molecular weight excluding hydrogens is 402 g/mol. The molecule has 1 saturated heterocycles. The van der Waals surface area contributed by atoms with Crippen LogP contribution in [0, 0.1) is 0 Å². The minimum absolute atomic E-state index is 0.0258. The summed E-state index contributed by atoms with van der Waals surface area (Å²) in [4.78, 5) is 15.4. The van der Waals surface area contributed by atoms with E-state index in [1.165, 1.54) is 23.4 Å². The average molecular weight is 426 g/mol. The number of nitrogens with one attached hydrogen (secondary N) is 2. The molecule has 1 unspecified atom stereocenters. The molecule has 0 saturated carbocycles. The number of anilines is 1. The molecule has 1 aliphatic heterocycles. The maximum Gasteiger partial charge on any atom is 0.243 e. The molecule has 3 heterocycles. The number of rotatable bonds is 5. The molecule has 30 heavy (non-hydrogen) atoms. The molecule has 2 aromatic heterocycles. The van der Waals surface area contributed by atoms with Gasteiger partial charge in [-0.1, -0.05) is 0 Å². The van der Waals surface area contributed by atoms with Crippen LogP contribution in [0.2, 0.25) is 0 Å². The average Bonchev–Trinajstić information content (AvgIpc) is 3.24. The number of aromatic amines is 1. The number of carbonyl (C=O) groups excluding carboxylic acids is 1. The zero-order chi connectivity index (χ0) is 21.1. The summed E-state index contributed by atoms with van der Waals surface area (Å²) < 4.78 is 27.9. The third kappa shape index (κ3) is 4.12. The minimum Gasteiger partial charge on any atom is -0.326 e. The highest BCUT2D eigenvalue weighted by atomic mass is 32.2. The van der Waals surface area contributed by atoms with Gasteiger partial charge in [0.05, 0.1) is 11.1 Å². The van der Waals surface area contributed by atoms with Crippen molar-refractivity contribution in [2.75, 3.05) is 18.4 Å². The molecule has 9 heteroatoms. The molecule has 3 aromatic rings. The molecule has 156 valence electrons. The molecule has 1 aliphatic rings. The number of aromatic nitrogens is 3. The third-order valence-corrected chi connectivity index (χ3v) is 7.14. The summed E-state index contributed by atoms with van der Waals surface area (Å²) >= 11 is 0. The van der Waals surface area contributed by atoms with E-state index in [2.05, 4.69) is 20.5 Å². The Kier molecular flexibility index (Phi) is 5.65. The Morgan fingerprint density at radius 1 is 1.17 bits per heavy atom. The summed E-state index contributed by atoms with van der Waals surface area (Å²) in [6.45, 7) is 2.27. The smallest absolute Gasteiger partial charge is 0.243 e. The van der Waals surface area contributed by atoms with E-state index in [0.29, 0.717) is 18.8 Å². The van der Waals surface area contributed by atoms with Gasteiger partial charge in [-0.25, -0.2) is 8.42 Å². The highest BCUT2D eigenvalue weighted by Crippen LogP contribution is 2.34. The molecule has 0 bridgehead atoms. The fraction of sp³-hybridized carbons (Fsp3) is 0.286. The van der Waals surface area contributed by atoms with Crippen molar-refractivity contribution in [3.05, 3.63) is 60.7 Å². The lowest BCUT2D eigenvalue weighted by Crippen LogP contribution is -2.39. The summed E-state index contributed by atoms with van der Waals surface area (Å²) in [5.41, 5.74) is 3.49. The molecule has 0 radical (unpaired) electrons. The van der Waals surface area contributed by atoms with Gasteiger partial charge < -0.3 is 5.32 Å². The van der Waals surface area contributed by atoms with Gasteiger partial charge in [0.15, 0.2) is 0 Å².